The SMILES string of the molecule is Cc1cc(C)n(CCOCC2(C)COC(c3nc(-c4ccccc4)c(-c4ccccc4)n3Cc3ccccc3)OC2)n1. The van der Waals surface area contributed by atoms with Crippen molar-refractivity contribution in [2.24, 2.45) is 5.41 Å². The van der Waals surface area contributed by atoms with Crippen LogP contribution in [0.2, 0.25) is 0 Å². The quantitative estimate of drug-likeness (QED) is 0.174. The molecule has 0 saturated carbocycles. The van der Waals surface area contributed by atoms with E-state index in [1.165, 1.54) is 5.56 Å². The van der Waals surface area contributed by atoms with Crippen molar-refractivity contribution in [3.8, 4) is 22.5 Å². The van der Waals surface area contributed by atoms with Crippen molar-refractivity contribution in [2.75, 3.05) is 26.4 Å². The Balaban J connectivity index is 1.25. The summed E-state index contributed by atoms with van der Waals surface area (Å²) in [5.41, 5.74) is 7.22. The third kappa shape index (κ3) is 6.23. The molecular weight excluding hydrogens is 524 g/mol. The van der Waals surface area contributed by atoms with Crippen LogP contribution in [0.4, 0.5) is 0 Å². The Morgan fingerprint density at radius 1 is 0.857 bits per heavy atom. The van der Waals surface area contributed by atoms with Crippen molar-refractivity contribution in [1.82, 2.24) is 19.3 Å². The molecule has 0 bridgehead atoms. The number of aryl methyl sites for hydroxylation is 2. The van der Waals surface area contributed by atoms with Crippen molar-refractivity contribution in [2.45, 2.75) is 40.2 Å². The van der Waals surface area contributed by atoms with Crippen LogP contribution in [0.5, 0.6) is 0 Å². The van der Waals surface area contributed by atoms with Gasteiger partial charge < -0.3 is 18.8 Å². The van der Waals surface area contributed by atoms with Crippen LogP contribution in [0.25, 0.3) is 22.5 Å². The molecule has 0 atom stereocenters. The summed E-state index contributed by atoms with van der Waals surface area (Å²) in [6.45, 7) is 9.75. The van der Waals surface area contributed by atoms with E-state index in [1.807, 2.05) is 41.9 Å². The molecule has 42 heavy (non-hydrogen) atoms. The van der Waals surface area contributed by atoms with Crippen LogP contribution in [0.15, 0.2) is 97.1 Å². The molecule has 0 radical (unpaired) electrons. The summed E-state index contributed by atoms with van der Waals surface area (Å²) in [5.74, 6) is 0.768. The van der Waals surface area contributed by atoms with E-state index in [1.54, 1.807) is 0 Å². The highest BCUT2D eigenvalue weighted by Gasteiger charge is 2.37. The molecule has 5 aromatic rings. The lowest BCUT2D eigenvalue weighted by molar-refractivity contribution is -0.243. The van der Waals surface area contributed by atoms with Crippen LogP contribution in [0, 0.1) is 19.3 Å². The predicted molar refractivity (Wildman–Crippen MR) is 164 cm³/mol. The second kappa shape index (κ2) is 12.4. The molecule has 1 aliphatic heterocycles. The van der Waals surface area contributed by atoms with Crippen LogP contribution in [0.3, 0.4) is 0 Å². The first-order chi connectivity index (χ1) is 20.5. The van der Waals surface area contributed by atoms with E-state index in [4.69, 9.17) is 19.2 Å². The molecule has 0 N–H and O–H groups in total. The van der Waals surface area contributed by atoms with Crippen molar-refractivity contribution in [1.29, 1.82) is 0 Å². The molecule has 0 unspecified atom stereocenters. The number of imidazole rings is 1. The average Bonchev–Trinajstić information content (AvgIpc) is 3.55. The van der Waals surface area contributed by atoms with Crippen molar-refractivity contribution in [3.05, 3.63) is 120 Å². The molecule has 1 aliphatic rings. The molecule has 1 fully saturated rings. The van der Waals surface area contributed by atoms with Crippen molar-refractivity contribution in [3.63, 3.8) is 0 Å². The summed E-state index contributed by atoms with van der Waals surface area (Å²) in [6, 6.07) is 33.3. The van der Waals surface area contributed by atoms with Gasteiger partial charge in [-0.2, -0.15) is 5.10 Å². The number of hydrogen-bond donors (Lipinski definition) is 0. The molecule has 0 amide bonds. The molecule has 7 heteroatoms. The molecule has 3 aromatic carbocycles. The molecular formula is C35H38N4O3. The zero-order chi connectivity index (χ0) is 28.9. The lowest BCUT2D eigenvalue weighted by Gasteiger charge is -2.37. The topological polar surface area (TPSA) is 63.3 Å². The van der Waals surface area contributed by atoms with E-state index in [9.17, 15) is 0 Å². The lowest BCUT2D eigenvalue weighted by atomic mass is 9.93. The van der Waals surface area contributed by atoms with Crippen LogP contribution >= 0.6 is 0 Å². The van der Waals surface area contributed by atoms with Crippen molar-refractivity contribution < 1.29 is 14.2 Å². The molecule has 7 nitrogen and oxygen atoms in total. The highest BCUT2D eigenvalue weighted by Crippen LogP contribution is 2.38. The summed E-state index contributed by atoms with van der Waals surface area (Å²) in [5, 5.41) is 4.52. The summed E-state index contributed by atoms with van der Waals surface area (Å²) >= 11 is 0. The van der Waals surface area contributed by atoms with Gasteiger partial charge in [-0.15, -0.1) is 0 Å². The van der Waals surface area contributed by atoms with Crippen LogP contribution in [-0.4, -0.2) is 45.8 Å². The maximum absolute atomic E-state index is 6.43. The molecule has 2 aromatic heterocycles. The van der Waals surface area contributed by atoms with E-state index in [0.29, 0.717) is 33.0 Å². The van der Waals surface area contributed by atoms with E-state index in [2.05, 4.69) is 90.2 Å². The predicted octanol–water partition coefficient (Wildman–Crippen LogP) is 6.85. The third-order valence-corrected chi connectivity index (χ3v) is 7.65. The number of aromatic nitrogens is 4. The lowest BCUT2D eigenvalue weighted by Crippen LogP contribution is -2.40. The van der Waals surface area contributed by atoms with E-state index < -0.39 is 6.29 Å². The van der Waals surface area contributed by atoms with Crippen LogP contribution in [-0.2, 0) is 27.3 Å². The fraction of sp³-hybridized carbons (Fsp3) is 0.314. The Bertz CT molecular complexity index is 1590. The van der Waals surface area contributed by atoms with Crippen LogP contribution < -0.4 is 0 Å². The highest BCUT2D eigenvalue weighted by molar-refractivity contribution is 5.79. The fourth-order valence-corrected chi connectivity index (χ4v) is 5.51. The van der Waals surface area contributed by atoms with E-state index in [-0.39, 0.29) is 5.41 Å². The number of rotatable bonds is 10. The first-order valence-electron chi connectivity index (χ1n) is 14.6. The monoisotopic (exact) mass is 562 g/mol. The summed E-state index contributed by atoms with van der Waals surface area (Å²) in [4.78, 5) is 5.22. The minimum Gasteiger partial charge on any atom is -0.379 e. The van der Waals surface area contributed by atoms with Gasteiger partial charge in [0, 0.05) is 28.8 Å². The summed E-state index contributed by atoms with van der Waals surface area (Å²) in [7, 11) is 0. The third-order valence-electron chi connectivity index (χ3n) is 7.65. The maximum Gasteiger partial charge on any atom is 0.217 e. The first kappa shape index (κ1) is 28.1. The fourth-order valence-electron chi connectivity index (χ4n) is 5.51. The van der Waals surface area contributed by atoms with Gasteiger partial charge in [-0.1, -0.05) is 97.9 Å². The molecule has 0 spiro atoms. The number of benzene rings is 3. The standard InChI is InChI=1S/C35H38N4O3/c1-26-21-27(2)39(37-26)19-20-40-23-35(3)24-41-34(42-25-35)33-36-31(29-15-9-5-10-16-29)32(30-17-11-6-12-18-30)38(33)22-28-13-7-4-8-14-28/h4-18,21,34H,19-20,22-25H2,1-3H3. The van der Waals surface area contributed by atoms with Gasteiger partial charge in [0.05, 0.1) is 50.1 Å². The zero-order valence-electron chi connectivity index (χ0n) is 24.6. The van der Waals surface area contributed by atoms with Gasteiger partial charge in [-0.3, -0.25) is 4.68 Å². The first-order valence-corrected chi connectivity index (χ1v) is 14.6. The van der Waals surface area contributed by atoms with E-state index in [0.717, 1.165) is 46.3 Å². The smallest absolute Gasteiger partial charge is 0.217 e. The van der Waals surface area contributed by atoms with Crippen molar-refractivity contribution >= 4 is 0 Å². The number of nitrogens with zero attached hydrogens (tertiary/aromatic N) is 4. The molecule has 1 saturated heterocycles. The molecule has 6 rings (SSSR count). The Morgan fingerprint density at radius 3 is 2.10 bits per heavy atom. The summed E-state index contributed by atoms with van der Waals surface area (Å²) < 4.78 is 23.2. The second-order valence-corrected chi connectivity index (χ2v) is 11.4. The number of hydrogen-bond acceptors (Lipinski definition) is 5. The van der Waals surface area contributed by atoms with Gasteiger partial charge >= 0.3 is 0 Å². The Labute approximate surface area is 247 Å². The largest absolute Gasteiger partial charge is 0.379 e. The van der Waals surface area contributed by atoms with Gasteiger partial charge in [-0.05, 0) is 25.5 Å². The van der Waals surface area contributed by atoms with Gasteiger partial charge in [0.15, 0.2) is 5.82 Å². The minimum atomic E-state index is -0.587. The second-order valence-electron chi connectivity index (χ2n) is 11.4. The van der Waals surface area contributed by atoms with Gasteiger partial charge in [0.1, 0.15) is 0 Å². The maximum atomic E-state index is 6.43. The number of ether oxygens (including phenoxy) is 3. The van der Waals surface area contributed by atoms with Gasteiger partial charge in [-0.25, -0.2) is 4.98 Å². The molecule has 3 heterocycles. The minimum absolute atomic E-state index is 0.257. The molecule has 216 valence electrons. The zero-order valence-corrected chi connectivity index (χ0v) is 24.6. The average molecular weight is 563 g/mol. The summed E-state index contributed by atoms with van der Waals surface area (Å²) in [6.07, 6.45) is -0.587. The Kier molecular flexibility index (Phi) is 8.33. The normalized spacial score (nSPS) is 18.8. The van der Waals surface area contributed by atoms with E-state index >= 15 is 0 Å². The van der Waals surface area contributed by atoms with Gasteiger partial charge in [0.2, 0.25) is 6.29 Å². The highest BCUT2D eigenvalue weighted by atomic mass is 16.7. The van der Waals surface area contributed by atoms with Gasteiger partial charge in [0.25, 0.3) is 0 Å². The molecule has 0 aliphatic carbocycles. The Hall–Kier alpha value is -4.04. The van der Waals surface area contributed by atoms with Crippen LogP contribution in [0.1, 0.15) is 36.0 Å². The Morgan fingerprint density at radius 2 is 1.48 bits per heavy atom.